The van der Waals surface area contributed by atoms with Gasteiger partial charge in [-0.3, -0.25) is 9.59 Å². The van der Waals surface area contributed by atoms with Gasteiger partial charge in [-0.1, -0.05) is 18.2 Å². The van der Waals surface area contributed by atoms with Crippen LogP contribution in [0.2, 0.25) is 0 Å². The van der Waals surface area contributed by atoms with Crippen molar-refractivity contribution in [3.8, 4) is 0 Å². The number of rotatable bonds is 1. The zero-order chi connectivity index (χ0) is 12.5. The molecule has 0 spiro atoms. The molecule has 1 saturated heterocycles. The maximum atomic E-state index is 12.3. The smallest absolute Gasteiger partial charge is 0.252 e. The average Bonchev–Trinajstić information content (AvgIpc) is 2.91. The number of likely N-dealkylation sites (tertiary alicyclic amines) is 1. The average molecular weight is 244 g/mol. The number of nitrogens with one attached hydrogen (secondary N) is 1. The van der Waals surface area contributed by atoms with E-state index in [1.54, 1.807) is 6.07 Å². The van der Waals surface area contributed by atoms with Crippen LogP contribution in [0.5, 0.6) is 0 Å². The maximum absolute atomic E-state index is 12.3. The first-order chi connectivity index (χ1) is 8.75. The molecule has 1 aromatic rings. The summed E-state index contributed by atoms with van der Waals surface area (Å²) in [7, 11) is 0. The van der Waals surface area contributed by atoms with E-state index in [9.17, 15) is 9.59 Å². The van der Waals surface area contributed by atoms with Crippen LogP contribution in [0.15, 0.2) is 24.3 Å². The van der Waals surface area contributed by atoms with E-state index in [4.69, 9.17) is 0 Å². The molecule has 0 saturated carbocycles. The third-order valence-electron chi connectivity index (χ3n) is 3.71. The van der Waals surface area contributed by atoms with Crippen molar-refractivity contribution in [1.29, 1.82) is 0 Å². The molecule has 1 aromatic carbocycles. The summed E-state index contributed by atoms with van der Waals surface area (Å²) in [5, 5.41) is 2.82. The Morgan fingerprint density at radius 2 is 1.94 bits per heavy atom. The van der Waals surface area contributed by atoms with Crippen LogP contribution in [0.25, 0.3) is 0 Å². The second kappa shape index (κ2) is 4.44. The summed E-state index contributed by atoms with van der Waals surface area (Å²) >= 11 is 0. The molecule has 0 bridgehead atoms. The molecule has 4 heteroatoms. The lowest BCUT2D eigenvalue weighted by Gasteiger charge is -2.28. The standard InChI is InChI=1S/C14H16N2O2/c17-13-11-6-2-1-5-10(11)9-12(15-13)14(18)16-7-3-4-8-16/h1-2,5-6,12H,3-4,7-9H2,(H,15,17). The van der Waals surface area contributed by atoms with Gasteiger partial charge in [0.2, 0.25) is 5.91 Å². The van der Waals surface area contributed by atoms with Crippen LogP contribution in [0.3, 0.4) is 0 Å². The van der Waals surface area contributed by atoms with Gasteiger partial charge in [0.05, 0.1) is 0 Å². The Bertz CT molecular complexity index is 492. The van der Waals surface area contributed by atoms with Gasteiger partial charge >= 0.3 is 0 Å². The first-order valence-corrected chi connectivity index (χ1v) is 6.43. The normalized spacial score (nSPS) is 22.6. The molecule has 0 aromatic heterocycles. The Morgan fingerprint density at radius 3 is 2.72 bits per heavy atom. The van der Waals surface area contributed by atoms with Crippen molar-refractivity contribution < 1.29 is 9.59 Å². The highest BCUT2D eigenvalue weighted by atomic mass is 16.2. The molecular formula is C14H16N2O2. The number of hydrogen-bond acceptors (Lipinski definition) is 2. The zero-order valence-electron chi connectivity index (χ0n) is 10.2. The van der Waals surface area contributed by atoms with Crippen molar-refractivity contribution in [2.75, 3.05) is 13.1 Å². The predicted octanol–water partition coefficient (Wildman–Crippen LogP) is 0.963. The van der Waals surface area contributed by atoms with Gasteiger partial charge < -0.3 is 10.2 Å². The fourth-order valence-electron chi connectivity index (χ4n) is 2.73. The zero-order valence-corrected chi connectivity index (χ0v) is 10.2. The molecule has 1 N–H and O–H groups in total. The van der Waals surface area contributed by atoms with Crippen LogP contribution in [-0.2, 0) is 11.2 Å². The van der Waals surface area contributed by atoms with Gasteiger partial charge in [0.25, 0.3) is 5.91 Å². The molecule has 18 heavy (non-hydrogen) atoms. The maximum Gasteiger partial charge on any atom is 0.252 e. The summed E-state index contributed by atoms with van der Waals surface area (Å²) in [5.41, 5.74) is 1.67. The number of hydrogen-bond donors (Lipinski definition) is 1. The van der Waals surface area contributed by atoms with Crippen molar-refractivity contribution in [3.05, 3.63) is 35.4 Å². The second-order valence-corrected chi connectivity index (χ2v) is 4.92. The lowest BCUT2D eigenvalue weighted by molar-refractivity contribution is -0.132. The number of carbonyl (C=O) groups excluding carboxylic acids is 2. The number of fused-ring (bicyclic) bond motifs is 1. The minimum atomic E-state index is -0.384. The van der Waals surface area contributed by atoms with Crippen molar-refractivity contribution >= 4 is 11.8 Å². The van der Waals surface area contributed by atoms with Crippen LogP contribution in [0.1, 0.15) is 28.8 Å². The highest BCUT2D eigenvalue weighted by molar-refractivity contribution is 6.00. The quantitative estimate of drug-likeness (QED) is 0.800. The molecule has 3 rings (SSSR count). The molecule has 4 nitrogen and oxygen atoms in total. The summed E-state index contributed by atoms with van der Waals surface area (Å²) in [6, 6.07) is 7.11. The molecule has 2 amide bonds. The minimum absolute atomic E-state index is 0.0651. The molecule has 1 fully saturated rings. The van der Waals surface area contributed by atoms with E-state index in [0.717, 1.165) is 31.5 Å². The number of amides is 2. The van der Waals surface area contributed by atoms with Crippen LogP contribution in [0, 0.1) is 0 Å². The predicted molar refractivity (Wildman–Crippen MR) is 67.2 cm³/mol. The molecule has 2 heterocycles. The van der Waals surface area contributed by atoms with Crippen molar-refractivity contribution in [3.63, 3.8) is 0 Å². The SMILES string of the molecule is O=C1NC(C(=O)N2CCCC2)Cc2ccccc21. The largest absolute Gasteiger partial charge is 0.341 e. The van der Waals surface area contributed by atoms with E-state index in [-0.39, 0.29) is 17.9 Å². The third-order valence-corrected chi connectivity index (χ3v) is 3.71. The van der Waals surface area contributed by atoms with Gasteiger partial charge in [-0.15, -0.1) is 0 Å². The Kier molecular flexibility index (Phi) is 2.78. The van der Waals surface area contributed by atoms with Gasteiger partial charge in [-0.05, 0) is 24.5 Å². The third kappa shape index (κ3) is 1.88. The molecule has 2 aliphatic rings. The Labute approximate surface area is 106 Å². The summed E-state index contributed by atoms with van der Waals surface area (Å²) in [4.78, 5) is 26.1. The Morgan fingerprint density at radius 1 is 1.22 bits per heavy atom. The summed E-state index contributed by atoms with van der Waals surface area (Å²) < 4.78 is 0. The van der Waals surface area contributed by atoms with Gasteiger partial charge in [-0.2, -0.15) is 0 Å². The number of carbonyl (C=O) groups is 2. The van der Waals surface area contributed by atoms with Gasteiger partial charge in [-0.25, -0.2) is 0 Å². The van der Waals surface area contributed by atoms with Crippen molar-refractivity contribution in [1.82, 2.24) is 10.2 Å². The molecule has 0 radical (unpaired) electrons. The van der Waals surface area contributed by atoms with E-state index in [1.807, 2.05) is 23.1 Å². The van der Waals surface area contributed by atoms with E-state index in [0.29, 0.717) is 12.0 Å². The van der Waals surface area contributed by atoms with E-state index < -0.39 is 0 Å². The summed E-state index contributed by atoms with van der Waals surface area (Å²) in [6.07, 6.45) is 2.75. The topological polar surface area (TPSA) is 49.4 Å². The van der Waals surface area contributed by atoms with Crippen LogP contribution in [0.4, 0.5) is 0 Å². The van der Waals surface area contributed by atoms with Crippen molar-refractivity contribution in [2.45, 2.75) is 25.3 Å². The van der Waals surface area contributed by atoms with E-state index in [1.165, 1.54) is 0 Å². The Balaban J connectivity index is 1.81. The highest BCUT2D eigenvalue weighted by Gasteiger charge is 2.32. The van der Waals surface area contributed by atoms with Gasteiger partial charge in [0.1, 0.15) is 6.04 Å². The lowest BCUT2D eigenvalue weighted by Crippen LogP contribution is -2.51. The molecule has 2 aliphatic heterocycles. The van der Waals surface area contributed by atoms with E-state index >= 15 is 0 Å². The van der Waals surface area contributed by atoms with Crippen LogP contribution >= 0.6 is 0 Å². The van der Waals surface area contributed by atoms with Gasteiger partial charge in [0.15, 0.2) is 0 Å². The van der Waals surface area contributed by atoms with Crippen LogP contribution < -0.4 is 5.32 Å². The fraction of sp³-hybridized carbons (Fsp3) is 0.429. The first kappa shape index (κ1) is 11.3. The molecule has 1 atom stereocenters. The number of nitrogens with zero attached hydrogens (tertiary/aromatic N) is 1. The minimum Gasteiger partial charge on any atom is -0.341 e. The van der Waals surface area contributed by atoms with E-state index in [2.05, 4.69) is 5.32 Å². The molecular weight excluding hydrogens is 228 g/mol. The van der Waals surface area contributed by atoms with Crippen LogP contribution in [-0.4, -0.2) is 35.8 Å². The molecule has 0 aliphatic carbocycles. The van der Waals surface area contributed by atoms with Crippen molar-refractivity contribution in [2.24, 2.45) is 0 Å². The Hall–Kier alpha value is -1.84. The monoisotopic (exact) mass is 244 g/mol. The fourth-order valence-corrected chi connectivity index (χ4v) is 2.73. The van der Waals surface area contributed by atoms with Gasteiger partial charge in [0, 0.05) is 25.1 Å². The number of benzene rings is 1. The lowest BCUT2D eigenvalue weighted by atomic mass is 9.94. The summed E-state index contributed by atoms with van der Waals surface area (Å²) in [6.45, 7) is 1.65. The molecule has 94 valence electrons. The highest BCUT2D eigenvalue weighted by Crippen LogP contribution is 2.19. The first-order valence-electron chi connectivity index (χ1n) is 6.43. The molecule has 1 unspecified atom stereocenters. The summed E-state index contributed by atoms with van der Waals surface area (Å²) in [5.74, 6) is -0.0650. The second-order valence-electron chi connectivity index (χ2n) is 4.92.